The Morgan fingerprint density at radius 2 is 2.23 bits per heavy atom. The summed E-state index contributed by atoms with van der Waals surface area (Å²) in [6, 6.07) is 4.60. The molecule has 68 valence electrons. The summed E-state index contributed by atoms with van der Waals surface area (Å²) >= 11 is 0. The lowest BCUT2D eigenvalue weighted by molar-refractivity contribution is 0.0947. The van der Waals surface area contributed by atoms with Crippen molar-refractivity contribution in [3.63, 3.8) is 0 Å². The monoisotopic (exact) mass is 177 g/mol. The maximum Gasteiger partial charge on any atom is 0.179 e. The number of carbonyl (C=O) groups excluding carboxylic acids is 1. The largest absolute Gasteiger partial charge is 0.508 e. The van der Waals surface area contributed by atoms with Gasteiger partial charge in [0.25, 0.3) is 0 Å². The maximum absolute atomic E-state index is 11.5. The summed E-state index contributed by atoms with van der Waals surface area (Å²) in [5.41, 5.74) is 6.94. The summed E-state index contributed by atoms with van der Waals surface area (Å²) in [7, 11) is 0. The van der Waals surface area contributed by atoms with E-state index in [1.165, 1.54) is 0 Å². The van der Waals surface area contributed by atoms with Gasteiger partial charge in [0.2, 0.25) is 0 Å². The Morgan fingerprint density at radius 3 is 3.00 bits per heavy atom. The molecule has 1 aliphatic rings. The van der Waals surface area contributed by atoms with Crippen LogP contribution in [0.5, 0.6) is 5.75 Å². The van der Waals surface area contributed by atoms with Crippen molar-refractivity contribution in [3.8, 4) is 5.75 Å². The molecule has 0 aromatic heterocycles. The van der Waals surface area contributed by atoms with Crippen LogP contribution in [0.1, 0.15) is 22.3 Å². The van der Waals surface area contributed by atoms with Crippen LogP contribution in [0.3, 0.4) is 0 Å². The first-order valence-corrected chi connectivity index (χ1v) is 4.31. The molecule has 1 aromatic rings. The van der Waals surface area contributed by atoms with Crippen molar-refractivity contribution in [1.82, 2.24) is 0 Å². The highest BCUT2D eigenvalue weighted by molar-refractivity contribution is 6.02. The van der Waals surface area contributed by atoms with Crippen LogP contribution in [0.25, 0.3) is 0 Å². The van der Waals surface area contributed by atoms with Crippen molar-refractivity contribution in [3.05, 3.63) is 29.3 Å². The Kier molecular flexibility index (Phi) is 1.81. The number of Topliss-reactive ketones (excluding diaryl/α,β-unsaturated/α-hetero) is 1. The van der Waals surface area contributed by atoms with E-state index in [4.69, 9.17) is 5.73 Å². The Balaban J connectivity index is 2.55. The molecule has 1 aromatic carbocycles. The van der Waals surface area contributed by atoms with Crippen molar-refractivity contribution in [2.45, 2.75) is 18.9 Å². The first-order valence-electron chi connectivity index (χ1n) is 4.31. The van der Waals surface area contributed by atoms with Crippen molar-refractivity contribution < 1.29 is 9.90 Å². The van der Waals surface area contributed by atoms with Gasteiger partial charge in [0.1, 0.15) is 5.75 Å². The van der Waals surface area contributed by atoms with Crippen LogP contribution in [0, 0.1) is 0 Å². The normalized spacial score (nSPS) is 21.3. The molecular formula is C10H11NO2. The number of rotatable bonds is 0. The van der Waals surface area contributed by atoms with Gasteiger partial charge in [-0.25, -0.2) is 0 Å². The smallest absolute Gasteiger partial charge is 0.179 e. The average Bonchev–Trinajstić information content (AvgIpc) is 2.12. The second kappa shape index (κ2) is 2.85. The second-order valence-corrected chi connectivity index (χ2v) is 3.31. The minimum absolute atomic E-state index is 0.0582. The van der Waals surface area contributed by atoms with Gasteiger partial charge < -0.3 is 10.8 Å². The molecule has 3 heteroatoms. The molecule has 2 rings (SSSR count). The van der Waals surface area contributed by atoms with E-state index in [0.29, 0.717) is 18.4 Å². The molecule has 0 aliphatic heterocycles. The Hall–Kier alpha value is -1.35. The highest BCUT2D eigenvalue weighted by Gasteiger charge is 2.25. The maximum atomic E-state index is 11.5. The van der Waals surface area contributed by atoms with Crippen LogP contribution < -0.4 is 5.73 Å². The van der Waals surface area contributed by atoms with Gasteiger partial charge in [-0.05, 0) is 18.9 Å². The molecule has 1 unspecified atom stereocenters. The Labute approximate surface area is 76.2 Å². The fourth-order valence-corrected chi connectivity index (χ4v) is 1.70. The number of ketones is 1. The van der Waals surface area contributed by atoms with E-state index in [2.05, 4.69) is 0 Å². The summed E-state index contributed by atoms with van der Waals surface area (Å²) in [4.78, 5) is 11.5. The standard InChI is InChI=1S/C10H11NO2/c11-8-5-4-6-7(10(8)13)2-1-3-9(6)12/h1-3,8,12H,4-5,11H2. The van der Waals surface area contributed by atoms with E-state index in [0.717, 1.165) is 5.56 Å². The van der Waals surface area contributed by atoms with E-state index >= 15 is 0 Å². The quantitative estimate of drug-likeness (QED) is 0.617. The van der Waals surface area contributed by atoms with E-state index in [1.807, 2.05) is 0 Å². The van der Waals surface area contributed by atoms with Gasteiger partial charge in [-0.1, -0.05) is 12.1 Å². The molecule has 0 fully saturated rings. The third kappa shape index (κ3) is 1.21. The van der Waals surface area contributed by atoms with Crippen molar-refractivity contribution in [2.24, 2.45) is 5.73 Å². The second-order valence-electron chi connectivity index (χ2n) is 3.31. The lowest BCUT2D eigenvalue weighted by Crippen LogP contribution is -2.35. The van der Waals surface area contributed by atoms with Crippen molar-refractivity contribution >= 4 is 5.78 Å². The van der Waals surface area contributed by atoms with Gasteiger partial charge in [-0.2, -0.15) is 0 Å². The number of benzene rings is 1. The molecule has 13 heavy (non-hydrogen) atoms. The molecule has 0 saturated carbocycles. The van der Waals surface area contributed by atoms with Crippen molar-refractivity contribution in [1.29, 1.82) is 0 Å². The highest BCUT2D eigenvalue weighted by atomic mass is 16.3. The van der Waals surface area contributed by atoms with E-state index in [1.54, 1.807) is 18.2 Å². The first-order chi connectivity index (χ1) is 6.20. The minimum Gasteiger partial charge on any atom is -0.508 e. The third-order valence-electron chi connectivity index (χ3n) is 2.46. The van der Waals surface area contributed by atoms with Crippen LogP contribution in [0.4, 0.5) is 0 Å². The van der Waals surface area contributed by atoms with E-state index in [-0.39, 0.29) is 11.5 Å². The van der Waals surface area contributed by atoms with Crippen molar-refractivity contribution in [2.75, 3.05) is 0 Å². The number of fused-ring (bicyclic) bond motifs is 1. The summed E-state index contributed by atoms with van der Waals surface area (Å²) in [5, 5.41) is 9.47. The van der Waals surface area contributed by atoms with Crippen LogP contribution in [-0.4, -0.2) is 16.9 Å². The van der Waals surface area contributed by atoms with Crippen LogP contribution in [-0.2, 0) is 6.42 Å². The van der Waals surface area contributed by atoms with Gasteiger partial charge in [-0.3, -0.25) is 4.79 Å². The summed E-state index contributed by atoms with van der Waals surface area (Å²) in [6.45, 7) is 0. The number of hydrogen-bond donors (Lipinski definition) is 2. The highest BCUT2D eigenvalue weighted by Crippen LogP contribution is 2.27. The summed E-state index contributed by atoms with van der Waals surface area (Å²) in [5.74, 6) is 0.148. The summed E-state index contributed by atoms with van der Waals surface area (Å²) in [6.07, 6.45) is 1.32. The molecule has 0 spiro atoms. The Bertz CT molecular complexity index is 360. The van der Waals surface area contributed by atoms with Gasteiger partial charge >= 0.3 is 0 Å². The van der Waals surface area contributed by atoms with E-state index in [9.17, 15) is 9.90 Å². The number of aromatic hydroxyl groups is 1. The molecule has 3 nitrogen and oxygen atoms in total. The molecule has 1 aliphatic carbocycles. The van der Waals surface area contributed by atoms with Crippen LogP contribution in [0.2, 0.25) is 0 Å². The Morgan fingerprint density at radius 1 is 1.46 bits per heavy atom. The zero-order chi connectivity index (χ0) is 9.42. The van der Waals surface area contributed by atoms with Gasteiger partial charge in [0.15, 0.2) is 5.78 Å². The number of hydrogen-bond acceptors (Lipinski definition) is 3. The van der Waals surface area contributed by atoms with E-state index < -0.39 is 6.04 Å². The molecule has 0 saturated heterocycles. The van der Waals surface area contributed by atoms with Gasteiger partial charge in [-0.15, -0.1) is 0 Å². The predicted molar refractivity (Wildman–Crippen MR) is 48.7 cm³/mol. The van der Waals surface area contributed by atoms with Gasteiger partial charge in [0.05, 0.1) is 6.04 Å². The topological polar surface area (TPSA) is 63.3 Å². The molecule has 0 heterocycles. The summed E-state index contributed by atoms with van der Waals surface area (Å²) < 4.78 is 0. The zero-order valence-corrected chi connectivity index (χ0v) is 7.16. The third-order valence-corrected chi connectivity index (χ3v) is 2.46. The molecular weight excluding hydrogens is 166 g/mol. The molecule has 3 N–H and O–H groups in total. The lowest BCUT2D eigenvalue weighted by atomic mass is 9.87. The molecule has 1 atom stereocenters. The van der Waals surface area contributed by atoms with Crippen LogP contribution >= 0.6 is 0 Å². The first kappa shape index (κ1) is 8.26. The zero-order valence-electron chi connectivity index (χ0n) is 7.16. The number of carbonyl (C=O) groups is 1. The van der Waals surface area contributed by atoms with Crippen LogP contribution in [0.15, 0.2) is 18.2 Å². The number of nitrogens with two attached hydrogens (primary N) is 1. The molecule has 0 amide bonds. The lowest BCUT2D eigenvalue weighted by Gasteiger charge is -2.20. The average molecular weight is 177 g/mol. The van der Waals surface area contributed by atoms with Gasteiger partial charge in [0, 0.05) is 11.1 Å². The fraction of sp³-hybridized carbons (Fsp3) is 0.300. The molecule has 0 radical (unpaired) electrons. The fourth-order valence-electron chi connectivity index (χ4n) is 1.70. The predicted octanol–water partition coefficient (Wildman–Crippen LogP) is 0.848. The number of phenolic OH excluding ortho intramolecular Hbond substituents is 1. The number of phenols is 1. The SMILES string of the molecule is NC1CCc2c(O)cccc2C1=O. The minimum atomic E-state index is -0.394. The molecule has 0 bridgehead atoms.